The molecule has 0 spiro atoms. The van der Waals surface area contributed by atoms with Crippen LogP contribution in [0.15, 0.2) is 12.7 Å². The summed E-state index contributed by atoms with van der Waals surface area (Å²) >= 11 is 0. The van der Waals surface area contributed by atoms with Crippen molar-refractivity contribution in [1.29, 1.82) is 0 Å². The van der Waals surface area contributed by atoms with Crippen molar-refractivity contribution < 1.29 is 19.1 Å². The highest BCUT2D eigenvalue weighted by Crippen LogP contribution is 2.20. The highest BCUT2D eigenvalue weighted by Gasteiger charge is 2.40. The van der Waals surface area contributed by atoms with Crippen molar-refractivity contribution in [1.82, 2.24) is 10.2 Å². The Morgan fingerprint density at radius 3 is 2.83 bits per heavy atom. The van der Waals surface area contributed by atoms with Gasteiger partial charge in [0.25, 0.3) is 0 Å². The van der Waals surface area contributed by atoms with Crippen molar-refractivity contribution in [3.05, 3.63) is 12.7 Å². The lowest BCUT2D eigenvalue weighted by molar-refractivity contribution is -0.145. The summed E-state index contributed by atoms with van der Waals surface area (Å²) in [6, 6.07) is -0.480. The number of nitrogens with zero attached hydrogens (tertiary/aromatic N) is 1. The molecule has 6 nitrogen and oxygen atoms in total. The van der Waals surface area contributed by atoms with E-state index in [2.05, 4.69) is 11.9 Å². The Balaban J connectivity index is 2.68. The normalized spacial score (nSPS) is 22.7. The first-order valence-corrected chi connectivity index (χ1v) is 5.99. The predicted molar refractivity (Wildman–Crippen MR) is 66.1 cm³/mol. The van der Waals surface area contributed by atoms with E-state index in [0.29, 0.717) is 13.0 Å². The maximum atomic E-state index is 11.8. The number of likely N-dealkylation sites (tertiary alicyclic amines) is 1. The van der Waals surface area contributed by atoms with E-state index in [1.165, 1.54) is 18.1 Å². The van der Waals surface area contributed by atoms with Crippen LogP contribution in [0, 0.1) is 0 Å². The molecule has 0 aromatic heterocycles. The fourth-order valence-electron chi connectivity index (χ4n) is 2.05. The Hall–Kier alpha value is -1.56. The van der Waals surface area contributed by atoms with Crippen LogP contribution < -0.4 is 5.32 Å². The van der Waals surface area contributed by atoms with Crippen LogP contribution in [0.2, 0.25) is 0 Å². The van der Waals surface area contributed by atoms with E-state index >= 15 is 0 Å². The minimum Gasteiger partial charge on any atom is -0.467 e. The number of carbonyl (C=O) groups is 2. The molecule has 6 heteroatoms. The summed E-state index contributed by atoms with van der Waals surface area (Å²) in [5.41, 5.74) is 0. The molecular weight excluding hydrogens is 236 g/mol. The molecule has 1 saturated heterocycles. The van der Waals surface area contributed by atoms with Gasteiger partial charge < -0.3 is 14.8 Å². The van der Waals surface area contributed by atoms with Gasteiger partial charge in [-0.25, -0.2) is 9.59 Å². The van der Waals surface area contributed by atoms with Gasteiger partial charge in [-0.1, -0.05) is 19.6 Å². The molecule has 1 amide bonds. The number of esters is 1. The fourth-order valence-corrected chi connectivity index (χ4v) is 2.05. The van der Waals surface area contributed by atoms with Gasteiger partial charge in [0.1, 0.15) is 12.6 Å². The van der Waals surface area contributed by atoms with Gasteiger partial charge in [0.2, 0.25) is 0 Å². The Bertz CT molecular complexity index is 319. The minimum absolute atomic E-state index is 0.0929. The second-order valence-electron chi connectivity index (χ2n) is 4.05. The van der Waals surface area contributed by atoms with Crippen molar-refractivity contribution in [3.63, 3.8) is 0 Å². The molecule has 1 N–H and O–H groups in total. The molecule has 1 aliphatic heterocycles. The number of hydrogen-bond donors (Lipinski definition) is 1. The molecule has 102 valence electrons. The number of carbonyl (C=O) groups excluding carboxylic acids is 2. The van der Waals surface area contributed by atoms with Gasteiger partial charge in [0.05, 0.1) is 7.11 Å². The first-order valence-electron chi connectivity index (χ1n) is 5.99. The zero-order valence-electron chi connectivity index (χ0n) is 10.8. The van der Waals surface area contributed by atoms with Gasteiger partial charge in [-0.05, 0) is 13.0 Å². The average molecular weight is 256 g/mol. The first kappa shape index (κ1) is 14.5. The maximum absolute atomic E-state index is 11.8. The summed E-state index contributed by atoms with van der Waals surface area (Å²) in [6.45, 7) is 6.82. The molecule has 0 aliphatic carbocycles. The smallest absolute Gasteiger partial charge is 0.410 e. The summed E-state index contributed by atoms with van der Waals surface area (Å²) in [5.74, 6) is -0.411. The van der Waals surface area contributed by atoms with Crippen LogP contribution in [-0.2, 0) is 14.3 Å². The van der Waals surface area contributed by atoms with Crippen LogP contribution in [0.25, 0.3) is 0 Å². The first-order chi connectivity index (χ1) is 8.63. The highest BCUT2D eigenvalue weighted by atomic mass is 16.6. The van der Waals surface area contributed by atoms with Crippen LogP contribution in [0.4, 0.5) is 4.79 Å². The molecule has 2 atom stereocenters. The van der Waals surface area contributed by atoms with E-state index in [1.54, 1.807) is 0 Å². The number of hydrogen-bond acceptors (Lipinski definition) is 5. The molecule has 18 heavy (non-hydrogen) atoms. The predicted octanol–water partition coefficient (Wildman–Crippen LogP) is 0.534. The highest BCUT2D eigenvalue weighted by molar-refractivity contribution is 5.82. The van der Waals surface area contributed by atoms with E-state index in [0.717, 1.165) is 6.54 Å². The zero-order valence-corrected chi connectivity index (χ0v) is 10.8. The summed E-state index contributed by atoms with van der Waals surface area (Å²) < 4.78 is 9.67. The molecule has 1 unspecified atom stereocenters. The van der Waals surface area contributed by atoms with Gasteiger partial charge in [-0.3, -0.25) is 4.90 Å². The lowest BCUT2D eigenvalue weighted by atomic mass is 10.2. The SMILES string of the molecule is C=CCOC(=O)N1CC(NCC)C[C@H]1C(=O)OC. The van der Waals surface area contributed by atoms with Crippen molar-refractivity contribution in [3.8, 4) is 0 Å². The number of nitrogens with one attached hydrogen (secondary N) is 1. The number of ether oxygens (including phenoxy) is 2. The van der Waals surface area contributed by atoms with E-state index in [4.69, 9.17) is 9.47 Å². The third-order valence-corrected chi connectivity index (χ3v) is 2.83. The van der Waals surface area contributed by atoms with Crippen molar-refractivity contribution >= 4 is 12.1 Å². The lowest BCUT2D eigenvalue weighted by Gasteiger charge is -2.21. The lowest BCUT2D eigenvalue weighted by Crippen LogP contribution is -2.41. The molecule has 0 bridgehead atoms. The van der Waals surface area contributed by atoms with Gasteiger partial charge in [0.15, 0.2) is 0 Å². The van der Waals surface area contributed by atoms with Gasteiger partial charge in [-0.2, -0.15) is 0 Å². The van der Waals surface area contributed by atoms with Crippen molar-refractivity contribution in [2.24, 2.45) is 0 Å². The van der Waals surface area contributed by atoms with E-state index in [-0.39, 0.29) is 12.6 Å². The third-order valence-electron chi connectivity index (χ3n) is 2.83. The van der Waals surface area contributed by atoms with Crippen molar-refractivity contribution in [2.75, 3.05) is 26.8 Å². The maximum Gasteiger partial charge on any atom is 0.410 e. The molecule has 0 saturated carbocycles. The molecule has 0 aromatic carbocycles. The Morgan fingerprint density at radius 2 is 2.28 bits per heavy atom. The molecular formula is C12H20N2O4. The van der Waals surface area contributed by atoms with Crippen LogP contribution >= 0.6 is 0 Å². The third kappa shape index (κ3) is 3.46. The Morgan fingerprint density at radius 1 is 1.56 bits per heavy atom. The summed E-state index contributed by atoms with van der Waals surface area (Å²) in [5, 5.41) is 3.22. The van der Waals surface area contributed by atoms with Gasteiger partial charge >= 0.3 is 12.1 Å². The van der Waals surface area contributed by atoms with Crippen LogP contribution in [0.1, 0.15) is 13.3 Å². The molecule has 0 aromatic rings. The van der Waals surface area contributed by atoms with Crippen LogP contribution in [0.5, 0.6) is 0 Å². The summed E-state index contributed by atoms with van der Waals surface area (Å²) in [6.07, 6.45) is 1.53. The second kappa shape index (κ2) is 7.00. The Kier molecular flexibility index (Phi) is 5.64. The van der Waals surface area contributed by atoms with Gasteiger partial charge in [0, 0.05) is 12.6 Å². The van der Waals surface area contributed by atoms with Crippen LogP contribution in [-0.4, -0.2) is 55.9 Å². The molecule has 1 fully saturated rings. The number of methoxy groups -OCH3 is 1. The molecule has 1 aliphatic rings. The quantitative estimate of drug-likeness (QED) is 0.574. The number of rotatable bonds is 5. The summed E-state index contributed by atoms with van der Waals surface area (Å²) in [4.78, 5) is 24.8. The topological polar surface area (TPSA) is 67.9 Å². The number of amides is 1. The standard InChI is InChI=1S/C12H20N2O4/c1-4-6-18-12(16)14-8-9(13-5-2)7-10(14)11(15)17-3/h4,9-10,13H,1,5-8H2,2-3H3/t9?,10-/m0/s1. The fraction of sp³-hybridized carbons (Fsp3) is 0.667. The van der Waals surface area contributed by atoms with Crippen molar-refractivity contribution in [2.45, 2.75) is 25.4 Å². The van der Waals surface area contributed by atoms with E-state index in [9.17, 15) is 9.59 Å². The summed E-state index contributed by atoms with van der Waals surface area (Å²) in [7, 11) is 1.32. The monoisotopic (exact) mass is 256 g/mol. The Labute approximate surface area is 107 Å². The largest absolute Gasteiger partial charge is 0.467 e. The molecule has 1 heterocycles. The van der Waals surface area contributed by atoms with E-state index < -0.39 is 18.1 Å². The molecule has 0 radical (unpaired) electrons. The van der Waals surface area contributed by atoms with Crippen LogP contribution in [0.3, 0.4) is 0 Å². The minimum atomic E-state index is -0.573. The second-order valence-corrected chi connectivity index (χ2v) is 4.05. The average Bonchev–Trinajstić information content (AvgIpc) is 2.79. The van der Waals surface area contributed by atoms with E-state index in [1.807, 2.05) is 6.92 Å². The number of likely N-dealkylation sites (N-methyl/N-ethyl adjacent to an activating group) is 1. The molecule has 1 rings (SSSR count). The van der Waals surface area contributed by atoms with Gasteiger partial charge in [-0.15, -0.1) is 0 Å². The zero-order chi connectivity index (χ0) is 13.5.